The van der Waals surface area contributed by atoms with E-state index in [1.807, 2.05) is 0 Å². The molecule has 1 unspecified atom stereocenters. The van der Waals surface area contributed by atoms with Crippen molar-refractivity contribution in [2.45, 2.75) is 37.5 Å². The lowest BCUT2D eigenvalue weighted by Crippen LogP contribution is -2.44. The van der Waals surface area contributed by atoms with E-state index in [2.05, 4.69) is 15.0 Å². The lowest BCUT2D eigenvalue weighted by atomic mass is 9.92. The van der Waals surface area contributed by atoms with Crippen molar-refractivity contribution in [2.75, 3.05) is 30.1 Å². The first kappa shape index (κ1) is 30.7. The summed E-state index contributed by atoms with van der Waals surface area (Å²) in [6.07, 6.45) is 0.442. The number of ether oxygens (including phenoxy) is 2. The van der Waals surface area contributed by atoms with Gasteiger partial charge in [0.05, 0.1) is 19.8 Å². The number of hydrogen-bond acceptors (Lipinski definition) is 7. The number of carbonyl (C=O) groups excluding carboxylic acids is 3. The van der Waals surface area contributed by atoms with Gasteiger partial charge in [-0.15, -0.1) is 0 Å². The van der Waals surface area contributed by atoms with Gasteiger partial charge in [-0.25, -0.2) is 18.2 Å². The molecule has 2 N–H and O–H groups in total. The number of methoxy groups -OCH3 is 1. The summed E-state index contributed by atoms with van der Waals surface area (Å²) in [7, 11) is 1.20. The minimum absolute atomic E-state index is 0.0484. The Bertz CT molecular complexity index is 1570. The number of anilines is 2. The fourth-order valence-electron chi connectivity index (χ4n) is 5.36. The number of pyridine rings is 1. The van der Waals surface area contributed by atoms with Gasteiger partial charge < -0.3 is 19.9 Å². The molecule has 0 bridgehead atoms. The molecule has 15 heteroatoms. The van der Waals surface area contributed by atoms with E-state index in [4.69, 9.17) is 4.74 Å². The zero-order valence-electron chi connectivity index (χ0n) is 23.0. The highest BCUT2D eigenvalue weighted by Gasteiger charge is 2.46. The largest absolute Gasteiger partial charge is 0.497 e. The summed E-state index contributed by atoms with van der Waals surface area (Å²) in [6, 6.07) is 6.15. The molecule has 5 rings (SSSR count). The van der Waals surface area contributed by atoms with Crippen LogP contribution in [-0.2, 0) is 9.59 Å². The summed E-state index contributed by atoms with van der Waals surface area (Å²) >= 11 is 0. The van der Waals surface area contributed by atoms with Gasteiger partial charge in [-0.05, 0) is 42.8 Å². The number of nitrogens with one attached hydrogen (secondary N) is 1. The van der Waals surface area contributed by atoms with Gasteiger partial charge >= 0.3 is 6.61 Å². The van der Waals surface area contributed by atoms with Gasteiger partial charge in [-0.1, -0.05) is 0 Å². The monoisotopic (exact) mass is 620 g/mol. The van der Waals surface area contributed by atoms with Crippen LogP contribution in [0.1, 0.15) is 34.7 Å². The quantitative estimate of drug-likeness (QED) is 0.351. The number of alkyl halides is 2. The molecule has 2 aliphatic rings. The van der Waals surface area contributed by atoms with E-state index in [0.29, 0.717) is 6.42 Å². The number of benzene rings is 2. The number of rotatable bonds is 9. The van der Waals surface area contributed by atoms with E-state index < -0.39 is 71.8 Å². The van der Waals surface area contributed by atoms with Gasteiger partial charge in [0.2, 0.25) is 5.91 Å². The van der Waals surface area contributed by atoms with Gasteiger partial charge in [0.1, 0.15) is 35.0 Å². The van der Waals surface area contributed by atoms with E-state index >= 15 is 13.2 Å². The smallest absolute Gasteiger partial charge is 0.387 e. The normalized spacial score (nSPS) is 20.0. The summed E-state index contributed by atoms with van der Waals surface area (Å²) in [5, 5.41) is 12.1. The number of aliphatic hydroxyl groups excluding tert-OH is 1. The van der Waals surface area contributed by atoms with Gasteiger partial charge in [0.25, 0.3) is 11.8 Å². The highest BCUT2D eigenvalue weighted by atomic mass is 19.3. The molecule has 0 radical (unpaired) electrons. The second-order valence-corrected chi connectivity index (χ2v) is 10.0. The average Bonchev–Trinajstić information content (AvgIpc) is 3.52. The summed E-state index contributed by atoms with van der Waals surface area (Å²) < 4.78 is 79.9. The fourth-order valence-corrected chi connectivity index (χ4v) is 5.36. The fraction of sp³-hybridized carbons (Fsp3) is 0.310. The average molecular weight is 621 g/mol. The predicted molar refractivity (Wildman–Crippen MR) is 144 cm³/mol. The number of hydrogen-bond donors (Lipinski definition) is 2. The molecular formula is C29H25F5N4O6. The molecule has 3 atom stereocenters. The Hall–Kier alpha value is -4.79. The standard InChI is InChI=1S/C29H25F5N4O6/c1-43-17-10-20(31)24(21(32)11-17)18-12-37(26-19(30)7-8-22(35-26)38-15(13-39)4-9-23(38)40)28(42)25(18)36-27(41)14-2-5-16(6-3-14)44-29(33)34/h2-3,5-8,10-11,15,18,25,29,39H,4,9,12-13H2,1H3,(H,36,41)/t15-,18-,25?/m0/s1. The van der Waals surface area contributed by atoms with E-state index in [1.54, 1.807) is 0 Å². The second kappa shape index (κ2) is 12.4. The first-order valence-corrected chi connectivity index (χ1v) is 13.3. The van der Waals surface area contributed by atoms with Crippen molar-refractivity contribution < 1.29 is 50.9 Å². The highest BCUT2D eigenvalue weighted by molar-refractivity contribution is 6.05. The van der Waals surface area contributed by atoms with Crippen LogP contribution in [0.5, 0.6) is 11.5 Å². The summed E-state index contributed by atoms with van der Waals surface area (Å²) in [5.41, 5.74) is -0.680. The number of nitrogens with zero attached hydrogens (tertiary/aromatic N) is 3. The molecular weight excluding hydrogens is 595 g/mol. The van der Waals surface area contributed by atoms with Crippen LogP contribution in [0.25, 0.3) is 0 Å². The Balaban J connectivity index is 1.52. The van der Waals surface area contributed by atoms with Crippen molar-refractivity contribution >= 4 is 29.4 Å². The highest BCUT2D eigenvalue weighted by Crippen LogP contribution is 2.38. The molecule has 3 aromatic rings. The summed E-state index contributed by atoms with van der Waals surface area (Å²) in [5.74, 6) is -7.82. The Labute approximate surface area is 247 Å². The van der Waals surface area contributed by atoms with Crippen LogP contribution in [0.4, 0.5) is 33.6 Å². The molecule has 3 heterocycles. The molecule has 1 aromatic heterocycles. The van der Waals surface area contributed by atoms with Crippen LogP contribution in [0.3, 0.4) is 0 Å². The van der Waals surface area contributed by atoms with Crippen molar-refractivity contribution in [3.8, 4) is 11.5 Å². The van der Waals surface area contributed by atoms with Crippen molar-refractivity contribution in [2.24, 2.45) is 0 Å². The third kappa shape index (κ3) is 5.86. The van der Waals surface area contributed by atoms with Gasteiger partial charge in [0, 0.05) is 42.1 Å². The maximum atomic E-state index is 15.3. The number of aliphatic hydroxyl groups is 1. The third-order valence-corrected chi connectivity index (χ3v) is 7.45. The van der Waals surface area contributed by atoms with E-state index in [1.165, 1.54) is 18.1 Å². The summed E-state index contributed by atoms with van der Waals surface area (Å²) in [6.45, 7) is -4.02. The Morgan fingerprint density at radius 1 is 1.05 bits per heavy atom. The van der Waals surface area contributed by atoms with Crippen molar-refractivity contribution in [1.29, 1.82) is 0 Å². The number of halogens is 5. The lowest BCUT2D eigenvalue weighted by Gasteiger charge is -2.24. The molecule has 232 valence electrons. The molecule has 44 heavy (non-hydrogen) atoms. The van der Waals surface area contributed by atoms with Gasteiger partial charge in [0.15, 0.2) is 11.6 Å². The van der Waals surface area contributed by atoms with Gasteiger partial charge in [-0.3, -0.25) is 24.2 Å². The molecule has 0 aliphatic carbocycles. The Morgan fingerprint density at radius 3 is 2.34 bits per heavy atom. The van der Waals surface area contributed by atoms with Crippen LogP contribution in [0, 0.1) is 17.5 Å². The first-order valence-electron chi connectivity index (χ1n) is 13.3. The SMILES string of the molecule is COc1cc(F)c([C@@H]2CN(c3nc(N4C(=O)CC[C@H]4CO)ccc3F)C(=O)C2NC(=O)c2ccc(OC(F)F)cc2)c(F)c1. The predicted octanol–water partition coefficient (Wildman–Crippen LogP) is 3.53. The molecule has 0 saturated carbocycles. The molecule has 2 saturated heterocycles. The molecule has 2 fully saturated rings. The maximum Gasteiger partial charge on any atom is 0.387 e. The molecule has 10 nitrogen and oxygen atoms in total. The molecule has 0 spiro atoms. The maximum absolute atomic E-state index is 15.3. The van der Waals surface area contributed by atoms with Crippen LogP contribution in [0.2, 0.25) is 0 Å². The Kier molecular flexibility index (Phi) is 8.67. The third-order valence-electron chi connectivity index (χ3n) is 7.45. The Morgan fingerprint density at radius 2 is 1.73 bits per heavy atom. The minimum atomic E-state index is -3.10. The van der Waals surface area contributed by atoms with Crippen molar-refractivity contribution in [3.05, 3.63) is 77.1 Å². The second-order valence-electron chi connectivity index (χ2n) is 10.0. The first-order chi connectivity index (χ1) is 21.0. The van der Waals surface area contributed by atoms with Crippen LogP contribution >= 0.6 is 0 Å². The van der Waals surface area contributed by atoms with E-state index in [-0.39, 0.29) is 41.8 Å². The zero-order valence-corrected chi connectivity index (χ0v) is 23.0. The van der Waals surface area contributed by atoms with Crippen LogP contribution in [-0.4, -0.2) is 66.8 Å². The zero-order chi connectivity index (χ0) is 31.7. The van der Waals surface area contributed by atoms with Crippen molar-refractivity contribution in [1.82, 2.24) is 10.3 Å². The van der Waals surface area contributed by atoms with Crippen molar-refractivity contribution in [3.63, 3.8) is 0 Å². The van der Waals surface area contributed by atoms with Crippen LogP contribution in [0.15, 0.2) is 48.5 Å². The molecule has 3 amide bonds. The van der Waals surface area contributed by atoms with E-state index in [9.17, 15) is 28.3 Å². The summed E-state index contributed by atoms with van der Waals surface area (Å²) in [4.78, 5) is 45.5. The lowest BCUT2D eigenvalue weighted by molar-refractivity contribution is -0.119. The molecule has 2 aliphatic heterocycles. The minimum Gasteiger partial charge on any atom is -0.497 e. The topological polar surface area (TPSA) is 121 Å². The van der Waals surface area contributed by atoms with E-state index in [0.717, 1.165) is 47.4 Å². The molecule has 2 aromatic carbocycles. The number of carbonyl (C=O) groups is 3. The van der Waals surface area contributed by atoms with Crippen LogP contribution < -0.4 is 24.6 Å². The number of amides is 3. The number of aromatic nitrogens is 1. The van der Waals surface area contributed by atoms with Gasteiger partial charge in [-0.2, -0.15) is 8.78 Å².